The molecule has 1 aromatic heterocycles. The van der Waals surface area contributed by atoms with Crippen LogP contribution in [0.1, 0.15) is 12.7 Å². The van der Waals surface area contributed by atoms with Gasteiger partial charge in [-0.25, -0.2) is 0 Å². The molecule has 0 fully saturated rings. The van der Waals surface area contributed by atoms with Crippen molar-refractivity contribution in [1.29, 1.82) is 0 Å². The van der Waals surface area contributed by atoms with E-state index in [1.54, 1.807) is 13.4 Å². The molecule has 4 nitrogen and oxygen atoms in total. The van der Waals surface area contributed by atoms with Crippen LogP contribution in [-0.4, -0.2) is 18.3 Å². The van der Waals surface area contributed by atoms with Crippen LogP contribution in [0.4, 0.5) is 5.69 Å². The Morgan fingerprint density at radius 2 is 2.15 bits per heavy atom. The third-order valence-corrected chi connectivity index (χ3v) is 3.96. The molecule has 0 spiro atoms. The number of thioether (sulfide) groups is 1. The zero-order valence-corrected chi connectivity index (χ0v) is 12.3. The summed E-state index contributed by atoms with van der Waals surface area (Å²) in [7, 11) is 1.58. The molecule has 0 aliphatic rings. The van der Waals surface area contributed by atoms with E-state index in [0.717, 1.165) is 5.76 Å². The first-order valence-electron chi connectivity index (χ1n) is 6.28. The second-order valence-corrected chi connectivity index (χ2v) is 5.55. The van der Waals surface area contributed by atoms with Gasteiger partial charge in [-0.3, -0.25) is 4.79 Å². The largest absolute Gasteiger partial charge is 0.495 e. The van der Waals surface area contributed by atoms with Gasteiger partial charge in [-0.15, -0.1) is 11.8 Å². The lowest BCUT2D eigenvalue weighted by Crippen LogP contribution is -2.22. The molecule has 0 aliphatic carbocycles. The number of furan rings is 1. The van der Waals surface area contributed by atoms with Crippen molar-refractivity contribution in [3.63, 3.8) is 0 Å². The van der Waals surface area contributed by atoms with Gasteiger partial charge in [0.15, 0.2) is 0 Å². The van der Waals surface area contributed by atoms with Crippen LogP contribution in [0.3, 0.4) is 0 Å². The molecular formula is C15H17NO3S. The molecule has 0 saturated heterocycles. The van der Waals surface area contributed by atoms with Crippen molar-refractivity contribution in [2.24, 2.45) is 0 Å². The maximum absolute atomic E-state index is 12.1. The highest BCUT2D eigenvalue weighted by atomic mass is 32.2. The first kappa shape index (κ1) is 14.5. The van der Waals surface area contributed by atoms with Gasteiger partial charge in [-0.05, 0) is 31.2 Å². The highest BCUT2D eigenvalue weighted by molar-refractivity contribution is 7.99. The topological polar surface area (TPSA) is 51.5 Å². The molecule has 0 unspecified atom stereocenters. The maximum Gasteiger partial charge on any atom is 0.237 e. The van der Waals surface area contributed by atoms with E-state index < -0.39 is 0 Å². The van der Waals surface area contributed by atoms with Gasteiger partial charge >= 0.3 is 0 Å². The first-order valence-corrected chi connectivity index (χ1v) is 7.33. The lowest BCUT2D eigenvalue weighted by atomic mass is 10.3. The fourth-order valence-corrected chi connectivity index (χ4v) is 2.45. The fourth-order valence-electron chi connectivity index (χ4n) is 1.66. The van der Waals surface area contributed by atoms with Crippen molar-refractivity contribution in [3.8, 4) is 5.75 Å². The number of ether oxygens (including phenoxy) is 1. The number of nitrogens with one attached hydrogen (secondary N) is 1. The van der Waals surface area contributed by atoms with Crippen molar-refractivity contribution in [3.05, 3.63) is 48.4 Å². The molecule has 106 valence electrons. The lowest BCUT2D eigenvalue weighted by molar-refractivity contribution is -0.115. The molecule has 1 atom stereocenters. The van der Waals surface area contributed by atoms with Gasteiger partial charge in [0.2, 0.25) is 5.91 Å². The average molecular weight is 291 g/mol. The summed E-state index contributed by atoms with van der Waals surface area (Å²) >= 11 is 1.53. The third kappa shape index (κ3) is 3.81. The van der Waals surface area contributed by atoms with Crippen molar-refractivity contribution < 1.29 is 13.9 Å². The molecule has 1 aromatic carbocycles. The van der Waals surface area contributed by atoms with Gasteiger partial charge in [0, 0.05) is 0 Å². The Labute approximate surface area is 122 Å². The number of para-hydroxylation sites is 2. The monoisotopic (exact) mass is 291 g/mol. The summed E-state index contributed by atoms with van der Waals surface area (Å²) in [6.45, 7) is 1.87. The van der Waals surface area contributed by atoms with E-state index >= 15 is 0 Å². The summed E-state index contributed by atoms with van der Waals surface area (Å²) in [5.41, 5.74) is 0.686. The Balaban J connectivity index is 1.90. The summed E-state index contributed by atoms with van der Waals surface area (Å²) in [5.74, 6) is 2.15. The molecule has 2 aromatic rings. The molecule has 0 saturated carbocycles. The van der Waals surface area contributed by atoms with Crippen molar-refractivity contribution in [2.75, 3.05) is 12.4 Å². The molecule has 2 rings (SSSR count). The molecule has 1 N–H and O–H groups in total. The zero-order valence-electron chi connectivity index (χ0n) is 11.5. The normalized spacial score (nSPS) is 11.9. The van der Waals surface area contributed by atoms with Gasteiger partial charge in [0.25, 0.3) is 0 Å². The molecule has 1 amide bonds. The number of benzene rings is 1. The number of hydrogen-bond donors (Lipinski definition) is 1. The maximum atomic E-state index is 12.1. The van der Waals surface area contributed by atoms with Crippen LogP contribution in [0, 0.1) is 0 Å². The highest BCUT2D eigenvalue weighted by Crippen LogP contribution is 2.25. The minimum absolute atomic E-state index is 0.0499. The van der Waals surface area contributed by atoms with Crippen LogP contribution < -0.4 is 10.1 Å². The molecule has 0 radical (unpaired) electrons. The number of methoxy groups -OCH3 is 1. The van der Waals surface area contributed by atoms with Crippen molar-refractivity contribution >= 4 is 23.4 Å². The highest BCUT2D eigenvalue weighted by Gasteiger charge is 2.15. The SMILES string of the molecule is COc1ccccc1NC(=O)[C@H](C)SCc1ccco1. The number of carbonyl (C=O) groups is 1. The average Bonchev–Trinajstić information content (AvgIpc) is 2.98. The Kier molecular flexibility index (Phi) is 5.12. The molecule has 5 heteroatoms. The van der Waals surface area contributed by atoms with Gasteiger partial charge in [-0.2, -0.15) is 0 Å². The van der Waals surface area contributed by atoms with Crippen molar-refractivity contribution in [2.45, 2.75) is 17.9 Å². The molecule has 0 aliphatic heterocycles. The standard InChI is InChI=1S/C15H17NO3S/c1-11(20-10-12-6-5-9-19-12)15(17)16-13-7-3-4-8-14(13)18-2/h3-9,11H,10H2,1-2H3,(H,16,17)/t11-/m0/s1. The summed E-state index contributed by atoms with van der Waals surface area (Å²) in [5, 5.41) is 2.70. The second-order valence-electron chi connectivity index (χ2n) is 4.22. The van der Waals surface area contributed by atoms with Crippen LogP contribution in [-0.2, 0) is 10.5 Å². The number of rotatable bonds is 6. The minimum Gasteiger partial charge on any atom is -0.495 e. The summed E-state index contributed by atoms with van der Waals surface area (Å²) in [6, 6.07) is 11.1. The number of hydrogen-bond acceptors (Lipinski definition) is 4. The lowest BCUT2D eigenvalue weighted by Gasteiger charge is -2.13. The van der Waals surface area contributed by atoms with Crippen molar-refractivity contribution in [1.82, 2.24) is 0 Å². The molecule has 0 bridgehead atoms. The van der Waals surface area contributed by atoms with Gasteiger partial charge < -0.3 is 14.5 Å². The van der Waals surface area contributed by atoms with E-state index in [2.05, 4.69) is 5.32 Å². The first-order chi connectivity index (χ1) is 9.70. The van der Waals surface area contributed by atoms with Gasteiger partial charge in [0.05, 0.1) is 30.1 Å². The predicted molar refractivity (Wildman–Crippen MR) is 81.1 cm³/mol. The number of anilines is 1. The Morgan fingerprint density at radius 1 is 1.35 bits per heavy atom. The minimum atomic E-state index is -0.176. The van der Waals surface area contributed by atoms with Gasteiger partial charge in [-0.1, -0.05) is 12.1 Å². The van der Waals surface area contributed by atoms with E-state index in [-0.39, 0.29) is 11.2 Å². The van der Waals surface area contributed by atoms with Crippen LogP contribution in [0.15, 0.2) is 47.1 Å². The smallest absolute Gasteiger partial charge is 0.237 e. The predicted octanol–water partition coefficient (Wildman–Crippen LogP) is 3.55. The van der Waals surface area contributed by atoms with Crippen LogP contribution >= 0.6 is 11.8 Å². The van der Waals surface area contributed by atoms with E-state index in [1.807, 2.05) is 43.3 Å². The van der Waals surface area contributed by atoms with Gasteiger partial charge in [0.1, 0.15) is 11.5 Å². The number of amides is 1. The molecule has 20 heavy (non-hydrogen) atoms. The third-order valence-electron chi connectivity index (χ3n) is 2.79. The molecular weight excluding hydrogens is 274 g/mol. The van der Waals surface area contributed by atoms with E-state index in [4.69, 9.17) is 9.15 Å². The fraction of sp³-hybridized carbons (Fsp3) is 0.267. The van der Waals surface area contributed by atoms with Crippen LogP contribution in [0.5, 0.6) is 5.75 Å². The summed E-state index contributed by atoms with van der Waals surface area (Å²) < 4.78 is 10.5. The zero-order chi connectivity index (χ0) is 14.4. The van der Waals surface area contributed by atoms with Crippen LogP contribution in [0.2, 0.25) is 0 Å². The number of carbonyl (C=O) groups excluding carboxylic acids is 1. The Hall–Kier alpha value is -1.88. The Bertz CT molecular complexity index is 554. The van der Waals surface area contributed by atoms with E-state index in [0.29, 0.717) is 17.2 Å². The van der Waals surface area contributed by atoms with E-state index in [1.165, 1.54) is 11.8 Å². The summed E-state index contributed by atoms with van der Waals surface area (Å²) in [6.07, 6.45) is 1.63. The second kappa shape index (κ2) is 7.05. The quantitative estimate of drug-likeness (QED) is 0.884. The van der Waals surface area contributed by atoms with Crippen LogP contribution in [0.25, 0.3) is 0 Å². The van der Waals surface area contributed by atoms with E-state index in [9.17, 15) is 4.79 Å². The Morgan fingerprint density at radius 3 is 2.85 bits per heavy atom. The summed E-state index contributed by atoms with van der Waals surface area (Å²) in [4.78, 5) is 12.1. The molecule has 1 heterocycles.